The van der Waals surface area contributed by atoms with Crippen LogP contribution in [0.25, 0.3) is 11.0 Å². The van der Waals surface area contributed by atoms with Crippen LogP contribution in [0, 0.1) is 0 Å². The molecule has 1 aromatic heterocycles. The minimum atomic E-state index is 0.595. The highest BCUT2D eigenvalue weighted by atomic mass is 32.1. The molecule has 0 saturated carbocycles. The third kappa shape index (κ3) is 4.67. The number of thiocarbonyl (C=S) groups is 1. The maximum atomic E-state index is 5.51. The van der Waals surface area contributed by atoms with Crippen LogP contribution in [0.2, 0.25) is 0 Å². The second-order valence-electron chi connectivity index (χ2n) is 6.83. The van der Waals surface area contributed by atoms with Crippen molar-refractivity contribution < 1.29 is 4.74 Å². The van der Waals surface area contributed by atoms with E-state index in [4.69, 9.17) is 21.9 Å². The van der Waals surface area contributed by atoms with Gasteiger partial charge in [-0.15, -0.1) is 0 Å². The number of hydrogen-bond donors (Lipinski definition) is 2. The second-order valence-corrected chi connectivity index (χ2v) is 7.24. The monoisotopic (exact) mass is 395 g/mol. The molecule has 0 bridgehead atoms. The molecule has 0 atom stereocenters. The number of fused-ring (bicyclic) bond motifs is 1. The van der Waals surface area contributed by atoms with Crippen molar-refractivity contribution in [1.82, 2.24) is 19.8 Å². The maximum absolute atomic E-state index is 5.51. The lowest BCUT2D eigenvalue weighted by Gasteiger charge is -2.26. The number of aromatic nitrogens is 2. The van der Waals surface area contributed by atoms with Crippen LogP contribution in [0.4, 0.5) is 5.95 Å². The van der Waals surface area contributed by atoms with Crippen LogP contribution in [0.15, 0.2) is 54.6 Å². The average molecular weight is 396 g/mol. The number of benzene rings is 2. The summed E-state index contributed by atoms with van der Waals surface area (Å²) in [5.74, 6) is 0.758. The van der Waals surface area contributed by atoms with E-state index in [1.165, 1.54) is 5.56 Å². The van der Waals surface area contributed by atoms with E-state index in [9.17, 15) is 0 Å². The molecule has 146 valence electrons. The first-order chi connectivity index (χ1) is 13.8. The zero-order valence-electron chi connectivity index (χ0n) is 15.8. The highest BCUT2D eigenvalue weighted by Gasteiger charge is 2.13. The summed E-state index contributed by atoms with van der Waals surface area (Å²) in [6.07, 6.45) is 0. The first-order valence-electron chi connectivity index (χ1n) is 9.64. The molecule has 28 heavy (non-hydrogen) atoms. The first-order valence-corrected chi connectivity index (χ1v) is 10.0. The number of ether oxygens (including phenoxy) is 1. The predicted molar refractivity (Wildman–Crippen MR) is 117 cm³/mol. The molecule has 3 aromatic rings. The minimum Gasteiger partial charge on any atom is -0.379 e. The smallest absolute Gasteiger partial charge is 0.210 e. The van der Waals surface area contributed by atoms with Gasteiger partial charge in [-0.25, -0.2) is 4.98 Å². The Morgan fingerprint density at radius 1 is 1.04 bits per heavy atom. The fraction of sp³-hybridized carbons (Fsp3) is 0.333. The molecule has 4 rings (SSSR count). The van der Waals surface area contributed by atoms with E-state index in [0.29, 0.717) is 5.11 Å². The van der Waals surface area contributed by atoms with Gasteiger partial charge in [0.05, 0.1) is 30.8 Å². The van der Waals surface area contributed by atoms with Crippen molar-refractivity contribution in [3.8, 4) is 0 Å². The molecule has 0 radical (unpaired) electrons. The molecule has 1 aliphatic rings. The number of hydrogen-bond acceptors (Lipinski definition) is 4. The first kappa shape index (κ1) is 18.9. The SMILES string of the molecule is S=C(NCCN1CCOCC1)Nc1nc2ccccc2n1Cc1ccccc1. The Kier molecular flexibility index (Phi) is 6.16. The van der Waals surface area contributed by atoms with Gasteiger partial charge in [-0.1, -0.05) is 42.5 Å². The van der Waals surface area contributed by atoms with E-state index < -0.39 is 0 Å². The standard InChI is InChI=1S/C21H25N5OS/c28-21(22-10-11-25-12-14-27-15-13-25)24-20-23-18-8-4-5-9-19(18)26(20)16-17-6-2-1-3-7-17/h1-9H,10-16H2,(H2,22,23,24,28). The van der Waals surface area contributed by atoms with Crippen LogP contribution in [0.3, 0.4) is 0 Å². The number of imidazole rings is 1. The Labute approximate surface area is 170 Å². The fourth-order valence-electron chi connectivity index (χ4n) is 3.40. The van der Waals surface area contributed by atoms with Crippen molar-refractivity contribution in [3.05, 3.63) is 60.2 Å². The molecule has 1 fully saturated rings. The number of rotatable bonds is 6. The summed E-state index contributed by atoms with van der Waals surface area (Å²) < 4.78 is 7.55. The molecule has 0 unspecified atom stereocenters. The summed E-state index contributed by atoms with van der Waals surface area (Å²) in [7, 11) is 0. The Bertz CT molecular complexity index is 921. The van der Waals surface area contributed by atoms with E-state index in [1.54, 1.807) is 0 Å². The van der Waals surface area contributed by atoms with Crippen LogP contribution in [0.5, 0.6) is 0 Å². The van der Waals surface area contributed by atoms with E-state index in [0.717, 1.165) is 62.9 Å². The molecule has 0 spiro atoms. The minimum absolute atomic E-state index is 0.595. The summed E-state index contributed by atoms with van der Waals surface area (Å²) in [5.41, 5.74) is 3.27. The molecule has 2 aromatic carbocycles. The number of nitrogens with zero attached hydrogens (tertiary/aromatic N) is 3. The van der Waals surface area contributed by atoms with Gasteiger partial charge in [0.15, 0.2) is 5.11 Å². The summed E-state index contributed by atoms with van der Waals surface area (Å²) in [6.45, 7) is 6.07. The van der Waals surface area contributed by atoms with E-state index in [-0.39, 0.29) is 0 Å². The van der Waals surface area contributed by atoms with Gasteiger partial charge in [-0.2, -0.15) is 0 Å². The zero-order valence-corrected chi connectivity index (χ0v) is 16.6. The molecule has 0 aliphatic carbocycles. The van der Waals surface area contributed by atoms with Crippen molar-refractivity contribution in [2.45, 2.75) is 6.54 Å². The molecule has 1 aliphatic heterocycles. The van der Waals surface area contributed by atoms with Crippen molar-refractivity contribution in [3.63, 3.8) is 0 Å². The zero-order chi connectivity index (χ0) is 19.2. The lowest BCUT2D eigenvalue weighted by Crippen LogP contribution is -2.42. The fourth-order valence-corrected chi connectivity index (χ4v) is 3.59. The summed E-state index contributed by atoms with van der Waals surface area (Å²) >= 11 is 5.51. The Hall–Kier alpha value is -2.48. The van der Waals surface area contributed by atoms with Crippen molar-refractivity contribution in [1.29, 1.82) is 0 Å². The van der Waals surface area contributed by atoms with Gasteiger partial charge in [0, 0.05) is 26.2 Å². The van der Waals surface area contributed by atoms with Gasteiger partial charge in [0.25, 0.3) is 0 Å². The quantitative estimate of drug-likeness (QED) is 0.626. The number of anilines is 1. The van der Waals surface area contributed by atoms with E-state index in [1.807, 2.05) is 24.3 Å². The average Bonchev–Trinajstić information content (AvgIpc) is 3.06. The van der Waals surface area contributed by atoms with Crippen molar-refractivity contribution in [2.75, 3.05) is 44.7 Å². The molecule has 6 nitrogen and oxygen atoms in total. The van der Waals surface area contributed by atoms with Gasteiger partial charge < -0.3 is 19.9 Å². The largest absolute Gasteiger partial charge is 0.379 e. The lowest BCUT2D eigenvalue weighted by molar-refractivity contribution is 0.0389. The summed E-state index contributed by atoms with van der Waals surface area (Å²) in [4.78, 5) is 7.12. The predicted octanol–water partition coefficient (Wildman–Crippen LogP) is 2.70. The molecule has 7 heteroatoms. The normalized spacial score (nSPS) is 14.9. The van der Waals surface area contributed by atoms with E-state index in [2.05, 4.69) is 50.4 Å². The highest BCUT2D eigenvalue weighted by molar-refractivity contribution is 7.80. The molecule has 0 amide bonds. The van der Waals surface area contributed by atoms with Crippen molar-refractivity contribution in [2.24, 2.45) is 0 Å². The molecule has 1 saturated heterocycles. The highest BCUT2D eigenvalue weighted by Crippen LogP contribution is 2.21. The van der Waals surface area contributed by atoms with Gasteiger partial charge in [0.2, 0.25) is 5.95 Å². The van der Waals surface area contributed by atoms with Crippen LogP contribution >= 0.6 is 12.2 Å². The van der Waals surface area contributed by atoms with Crippen LogP contribution in [-0.4, -0.2) is 59.0 Å². The number of morpholine rings is 1. The van der Waals surface area contributed by atoms with E-state index >= 15 is 0 Å². The topological polar surface area (TPSA) is 54.4 Å². The third-order valence-corrected chi connectivity index (χ3v) is 5.13. The van der Waals surface area contributed by atoms with Crippen LogP contribution in [-0.2, 0) is 11.3 Å². The number of para-hydroxylation sites is 2. The van der Waals surface area contributed by atoms with Gasteiger partial charge in [0.1, 0.15) is 0 Å². The third-order valence-electron chi connectivity index (χ3n) is 4.88. The molecule has 2 N–H and O–H groups in total. The van der Waals surface area contributed by atoms with Gasteiger partial charge >= 0.3 is 0 Å². The van der Waals surface area contributed by atoms with Crippen LogP contribution < -0.4 is 10.6 Å². The van der Waals surface area contributed by atoms with Gasteiger partial charge in [-0.3, -0.25) is 4.90 Å². The Balaban J connectivity index is 1.43. The molecular weight excluding hydrogens is 370 g/mol. The molecular formula is C21H25N5OS. The summed E-state index contributed by atoms with van der Waals surface area (Å²) in [6, 6.07) is 18.5. The maximum Gasteiger partial charge on any atom is 0.210 e. The second kappa shape index (κ2) is 9.14. The number of nitrogens with one attached hydrogen (secondary N) is 2. The van der Waals surface area contributed by atoms with Gasteiger partial charge in [-0.05, 0) is 29.9 Å². The van der Waals surface area contributed by atoms with Crippen molar-refractivity contribution >= 4 is 34.3 Å². The molecule has 2 heterocycles. The Morgan fingerprint density at radius 3 is 2.61 bits per heavy atom. The van der Waals surface area contributed by atoms with Crippen LogP contribution in [0.1, 0.15) is 5.56 Å². The Morgan fingerprint density at radius 2 is 1.79 bits per heavy atom. The lowest BCUT2D eigenvalue weighted by atomic mass is 10.2. The summed E-state index contributed by atoms with van der Waals surface area (Å²) in [5, 5.41) is 7.18.